The molecular weight excluding hydrogens is 296 g/mol. The maximum Gasteiger partial charge on any atom is 0.233 e. The second-order valence-corrected chi connectivity index (χ2v) is 6.97. The van der Waals surface area contributed by atoms with Crippen molar-refractivity contribution in [1.82, 2.24) is 20.1 Å². The number of hydrogen-bond donors (Lipinski definition) is 1. The van der Waals surface area contributed by atoms with Crippen LogP contribution in [0.4, 0.5) is 0 Å². The summed E-state index contributed by atoms with van der Waals surface area (Å²) < 4.78 is 1.97. The fourth-order valence-electron chi connectivity index (χ4n) is 2.14. The Kier molecular flexibility index (Phi) is 4.47. The summed E-state index contributed by atoms with van der Waals surface area (Å²) in [5.41, 5.74) is 1.20. The molecule has 1 atom stereocenters. The number of thioether (sulfide) groups is 1. The minimum atomic E-state index is -0.159. The van der Waals surface area contributed by atoms with Gasteiger partial charge in [-0.3, -0.25) is 4.79 Å². The van der Waals surface area contributed by atoms with Gasteiger partial charge in [-0.15, -0.1) is 10.2 Å². The molecule has 116 valence electrons. The zero-order valence-corrected chi connectivity index (χ0v) is 13.6. The van der Waals surface area contributed by atoms with Crippen LogP contribution in [0.1, 0.15) is 31.2 Å². The Morgan fingerprint density at radius 1 is 1.36 bits per heavy atom. The number of aromatic nitrogens is 3. The van der Waals surface area contributed by atoms with E-state index in [0.29, 0.717) is 6.04 Å². The van der Waals surface area contributed by atoms with Crippen LogP contribution in [0, 0.1) is 0 Å². The van der Waals surface area contributed by atoms with Gasteiger partial charge in [-0.2, -0.15) is 0 Å². The highest BCUT2D eigenvalue weighted by Gasteiger charge is 2.26. The molecule has 1 amide bonds. The van der Waals surface area contributed by atoms with Crippen LogP contribution in [0.5, 0.6) is 0 Å². The third kappa shape index (κ3) is 3.68. The predicted octanol–water partition coefficient (Wildman–Crippen LogP) is 2.17. The third-order valence-electron chi connectivity index (χ3n) is 3.71. The molecule has 1 N–H and O–H groups in total. The first-order valence-electron chi connectivity index (χ1n) is 7.52. The molecule has 0 spiro atoms. The number of benzene rings is 1. The van der Waals surface area contributed by atoms with Gasteiger partial charge in [0, 0.05) is 19.5 Å². The van der Waals surface area contributed by atoms with E-state index in [1.165, 1.54) is 17.3 Å². The van der Waals surface area contributed by atoms with Crippen LogP contribution in [-0.2, 0) is 18.3 Å². The molecule has 0 bridgehead atoms. The molecule has 0 aliphatic heterocycles. The van der Waals surface area contributed by atoms with Crippen LogP contribution >= 0.6 is 11.8 Å². The van der Waals surface area contributed by atoms with E-state index < -0.39 is 0 Å². The van der Waals surface area contributed by atoms with Crippen LogP contribution in [0.2, 0.25) is 0 Å². The monoisotopic (exact) mass is 316 g/mol. The summed E-state index contributed by atoms with van der Waals surface area (Å²) in [6.07, 6.45) is 2.95. The molecule has 1 aromatic carbocycles. The topological polar surface area (TPSA) is 59.8 Å². The molecule has 1 fully saturated rings. The number of hydrogen-bond acceptors (Lipinski definition) is 4. The van der Waals surface area contributed by atoms with E-state index >= 15 is 0 Å². The molecule has 1 heterocycles. The zero-order chi connectivity index (χ0) is 15.5. The van der Waals surface area contributed by atoms with E-state index in [4.69, 9.17) is 0 Å². The number of carbonyl (C=O) groups excluding carboxylic acids is 1. The van der Waals surface area contributed by atoms with Gasteiger partial charge in [-0.1, -0.05) is 42.1 Å². The smallest absolute Gasteiger partial charge is 0.233 e. The quantitative estimate of drug-likeness (QED) is 0.830. The van der Waals surface area contributed by atoms with E-state index in [0.717, 1.165) is 30.2 Å². The average molecular weight is 316 g/mol. The van der Waals surface area contributed by atoms with Gasteiger partial charge in [-0.05, 0) is 25.3 Å². The van der Waals surface area contributed by atoms with Gasteiger partial charge in [0.25, 0.3) is 0 Å². The zero-order valence-electron chi connectivity index (χ0n) is 12.8. The van der Waals surface area contributed by atoms with Crippen molar-refractivity contribution in [2.75, 3.05) is 0 Å². The van der Waals surface area contributed by atoms with Gasteiger partial charge in [0.15, 0.2) is 5.16 Å². The van der Waals surface area contributed by atoms with Crippen LogP contribution < -0.4 is 5.32 Å². The summed E-state index contributed by atoms with van der Waals surface area (Å²) in [6.45, 7) is 1.91. The molecule has 1 aromatic heterocycles. The molecule has 0 radical (unpaired) electrons. The Hall–Kier alpha value is -1.82. The summed E-state index contributed by atoms with van der Waals surface area (Å²) in [7, 11) is 1.95. The van der Waals surface area contributed by atoms with E-state index in [-0.39, 0.29) is 11.2 Å². The van der Waals surface area contributed by atoms with Crippen molar-refractivity contribution < 1.29 is 4.79 Å². The van der Waals surface area contributed by atoms with Gasteiger partial charge in [0.2, 0.25) is 5.91 Å². The van der Waals surface area contributed by atoms with Crippen molar-refractivity contribution in [1.29, 1.82) is 0 Å². The lowest BCUT2D eigenvalue weighted by molar-refractivity contribution is -0.120. The lowest BCUT2D eigenvalue weighted by atomic mass is 10.1. The van der Waals surface area contributed by atoms with Crippen LogP contribution in [-0.4, -0.2) is 32.0 Å². The number of amides is 1. The Morgan fingerprint density at radius 3 is 2.77 bits per heavy atom. The van der Waals surface area contributed by atoms with Gasteiger partial charge in [-0.25, -0.2) is 0 Å². The fourth-order valence-corrected chi connectivity index (χ4v) is 2.98. The molecule has 2 aromatic rings. The highest BCUT2D eigenvalue weighted by atomic mass is 32.2. The standard InChI is InChI=1S/C16H20N4OS/c1-11(15(21)17-13-8-9-13)22-16-19-18-14(20(16)2)10-12-6-4-3-5-7-12/h3-7,11,13H,8-10H2,1-2H3,(H,17,21)/t11-/m1/s1. The lowest BCUT2D eigenvalue weighted by Crippen LogP contribution is -2.32. The second-order valence-electron chi connectivity index (χ2n) is 5.66. The maximum absolute atomic E-state index is 12.0. The molecular formula is C16H20N4OS. The van der Waals surface area contributed by atoms with Gasteiger partial charge >= 0.3 is 0 Å². The SMILES string of the molecule is C[C@@H](Sc1nnc(Cc2ccccc2)n1C)C(=O)NC1CC1. The molecule has 22 heavy (non-hydrogen) atoms. The lowest BCUT2D eigenvalue weighted by Gasteiger charge is -2.11. The van der Waals surface area contributed by atoms with Crippen molar-refractivity contribution in [3.63, 3.8) is 0 Å². The molecule has 1 saturated carbocycles. The van der Waals surface area contributed by atoms with Crippen LogP contribution in [0.15, 0.2) is 35.5 Å². The Bertz CT molecular complexity index is 651. The number of nitrogens with zero attached hydrogens (tertiary/aromatic N) is 3. The molecule has 5 nitrogen and oxygen atoms in total. The Morgan fingerprint density at radius 2 is 2.09 bits per heavy atom. The van der Waals surface area contributed by atoms with Gasteiger partial charge in [0.05, 0.1) is 5.25 Å². The Balaban J connectivity index is 1.63. The Labute approximate surface area is 134 Å². The summed E-state index contributed by atoms with van der Waals surface area (Å²) in [5, 5.41) is 12.1. The van der Waals surface area contributed by atoms with E-state index in [1.807, 2.05) is 36.7 Å². The van der Waals surface area contributed by atoms with Crippen molar-refractivity contribution in [2.24, 2.45) is 7.05 Å². The average Bonchev–Trinajstić information content (AvgIpc) is 3.28. The fraction of sp³-hybridized carbons (Fsp3) is 0.438. The highest BCUT2D eigenvalue weighted by molar-refractivity contribution is 8.00. The molecule has 0 unspecified atom stereocenters. The molecule has 3 rings (SSSR count). The predicted molar refractivity (Wildman–Crippen MR) is 86.7 cm³/mol. The summed E-state index contributed by atoms with van der Waals surface area (Å²) in [6, 6.07) is 10.6. The summed E-state index contributed by atoms with van der Waals surface area (Å²) in [4.78, 5) is 12.0. The largest absolute Gasteiger partial charge is 0.352 e. The minimum absolute atomic E-state index is 0.0834. The van der Waals surface area contributed by atoms with E-state index in [2.05, 4.69) is 27.6 Å². The first-order chi connectivity index (χ1) is 10.6. The van der Waals surface area contributed by atoms with Gasteiger partial charge < -0.3 is 9.88 Å². The minimum Gasteiger partial charge on any atom is -0.352 e. The van der Waals surface area contributed by atoms with Crippen molar-refractivity contribution in [3.8, 4) is 0 Å². The molecule has 1 aliphatic rings. The number of rotatable bonds is 6. The van der Waals surface area contributed by atoms with E-state index in [1.54, 1.807) is 0 Å². The highest BCUT2D eigenvalue weighted by Crippen LogP contribution is 2.24. The van der Waals surface area contributed by atoms with E-state index in [9.17, 15) is 4.79 Å². The van der Waals surface area contributed by atoms with Crippen molar-refractivity contribution >= 4 is 17.7 Å². The van der Waals surface area contributed by atoms with Crippen LogP contribution in [0.25, 0.3) is 0 Å². The van der Waals surface area contributed by atoms with Crippen LogP contribution in [0.3, 0.4) is 0 Å². The molecule has 6 heteroatoms. The number of carbonyl (C=O) groups is 1. The molecule has 0 saturated heterocycles. The van der Waals surface area contributed by atoms with Gasteiger partial charge in [0.1, 0.15) is 5.82 Å². The summed E-state index contributed by atoms with van der Waals surface area (Å²) >= 11 is 1.46. The third-order valence-corrected chi connectivity index (χ3v) is 4.84. The van der Waals surface area contributed by atoms with Crippen molar-refractivity contribution in [2.45, 2.75) is 42.6 Å². The first kappa shape index (κ1) is 15.1. The second kappa shape index (κ2) is 6.52. The van der Waals surface area contributed by atoms with Crippen molar-refractivity contribution in [3.05, 3.63) is 41.7 Å². The molecule has 1 aliphatic carbocycles. The summed E-state index contributed by atoms with van der Waals surface area (Å²) in [5.74, 6) is 0.989. The first-order valence-corrected chi connectivity index (χ1v) is 8.40. The maximum atomic E-state index is 12.0. The number of nitrogens with one attached hydrogen (secondary N) is 1. The normalized spacial score (nSPS) is 15.5.